The summed E-state index contributed by atoms with van der Waals surface area (Å²) in [7, 11) is 1.41. The third-order valence-corrected chi connectivity index (χ3v) is 2.44. The first-order valence-corrected chi connectivity index (χ1v) is 5.24. The van der Waals surface area contributed by atoms with E-state index in [1.165, 1.54) is 26.2 Å². The minimum Gasteiger partial charge on any atom is -0.497 e. The third kappa shape index (κ3) is 2.94. The largest absolute Gasteiger partial charge is 0.497 e. The van der Waals surface area contributed by atoms with Crippen molar-refractivity contribution in [2.45, 2.75) is 20.0 Å². The lowest BCUT2D eigenvalue weighted by Crippen LogP contribution is -2.16. The van der Waals surface area contributed by atoms with Crippen molar-refractivity contribution in [1.82, 2.24) is 0 Å². The Labute approximate surface area is 99.5 Å². The monoisotopic (exact) mass is 241 g/mol. The van der Waals surface area contributed by atoms with Crippen LogP contribution in [0.15, 0.2) is 12.1 Å². The highest BCUT2D eigenvalue weighted by Gasteiger charge is 2.20. The van der Waals surface area contributed by atoms with Crippen LogP contribution in [0, 0.1) is 18.2 Å². The summed E-state index contributed by atoms with van der Waals surface area (Å²) in [6.07, 6.45) is -1.28. The van der Waals surface area contributed by atoms with Gasteiger partial charge in [0.05, 0.1) is 13.7 Å². The molecule has 0 heterocycles. The van der Waals surface area contributed by atoms with Crippen LogP contribution in [0.5, 0.6) is 5.75 Å². The molecule has 5 heteroatoms. The first kappa shape index (κ1) is 13.4. The molecule has 4 nitrogen and oxygen atoms in total. The maximum absolute atomic E-state index is 13.5. The van der Waals surface area contributed by atoms with Gasteiger partial charge in [-0.15, -0.1) is 0 Å². The number of ether oxygens (including phenoxy) is 2. The van der Waals surface area contributed by atoms with E-state index < -0.39 is 11.9 Å². The number of hydrogen-bond acceptors (Lipinski definition) is 4. The van der Waals surface area contributed by atoms with Gasteiger partial charge in [-0.2, -0.15) is 0 Å². The van der Waals surface area contributed by atoms with Crippen LogP contribution in [0.2, 0.25) is 0 Å². The molecule has 0 aromatic heterocycles. The molecule has 1 aromatic rings. The summed E-state index contributed by atoms with van der Waals surface area (Å²) in [6, 6.07) is 2.73. The highest BCUT2D eigenvalue weighted by Crippen LogP contribution is 2.26. The first-order chi connectivity index (χ1) is 8.01. The maximum atomic E-state index is 13.5. The van der Waals surface area contributed by atoms with E-state index in [1.807, 2.05) is 0 Å². The molecule has 94 valence electrons. The summed E-state index contributed by atoms with van der Waals surface area (Å²) in [6.45, 7) is 3.52. The van der Waals surface area contributed by atoms with Crippen molar-refractivity contribution in [1.29, 1.82) is 5.41 Å². The summed E-state index contributed by atoms with van der Waals surface area (Å²) in [5.74, 6) is -0.489. The van der Waals surface area contributed by atoms with E-state index >= 15 is 0 Å². The van der Waals surface area contributed by atoms with Crippen LogP contribution in [0.4, 0.5) is 4.39 Å². The molecule has 0 aliphatic rings. The molecule has 17 heavy (non-hydrogen) atoms. The van der Waals surface area contributed by atoms with Crippen LogP contribution < -0.4 is 4.74 Å². The van der Waals surface area contributed by atoms with Crippen molar-refractivity contribution < 1.29 is 19.0 Å². The molecule has 1 atom stereocenters. The lowest BCUT2D eigenvalue weighted by molar-refractivity contribution is 0.189. The highest BCUT2D eigenvalue weighted by atomic mass is 19.1. The Kier molecular flexibility index (Phi) is 4.45. The van der Waals surface area contributed by atoms with Gasteiger partial charge in [-0.3, -0.25) is 5.41 Å². The fourth-order valence-corrected chi connectivity index (χ4v) is 1.45. The number of aliphatic hydroxyl groups excluding tert-OH is 1. The fourth-order valence-electron chi connectivity index (χ4n) is 1.45. The Morgan fingerprint density at radius 1 is 1.53 bits per heavy atom. The van der Waals surface area contributed by atoms with Crippen molar-refractivity contribution in [3.63, 3.8) is 0 Å². The Hall–Kier alpha value is -1.62. The van der Waals surface area contributed by atoms with Gasteiger partial charge in [0.25, 0.3) is 0 Å². The second-order valence-electron chi connectivity index (χ2n) is 3.52. The number of aliphatic hydroxyl groups is 1. The topological polar surface area (TPSA) is 62.5 Å². The number of benzene rings is 1. The van der Waals surface area contributed by atoms with Crippen molar-refractivity contribution in [3.8, 4) is 5.75 Å². The molecular weight excluding hydrogens is 225 g/mol. The van der Waals surface area contributed by atoms with Crippen LogP contribution in [-0.2, 0) is 4.74 Å². The number of methoxy groups -OCH3 is 1. The SMILES string of the molecule is CCOC(=N)C(O)c1cc(OC)cc(F)c1C. The van der Waals surface area contributed by atoms with Gasteiger partial charge in [0, 0.05) is 6.07 Å². The predicted octanol–water partition coefficient (Wildman–Crippen LogP) is 2.19. The van der Waals surface area contributed by atoms with Gasteiger partial charge in [0.1, 0.15) is 11.6 Å². The zero-order valence-corrected chi connectivity index (χ0v) is 10.1. The second-order valence-corrected chi connectivity index (χ2v) is 3.52. The third-order valence-electron chi connectivity index (χ3n) is 2.44. The van der Waals surface area contributed by atoms with Gasteiger partial charge < -0.3 is 14.6 Å². The van der Waals surface area contributed by atoms with Crippen molar-refractivity contribution >= 4 is 5.90 Å². The molecule has 1 aromatic carbocycles. The molecule has 0 fully saturated rings. The van der Waals surface area contributed by atoms with Gasteiger partial charge in [0.2, 0.25) is 5.90 Å². The van der Waals surface area contributed by atoms with Gasteiger partial charge in [-0.25, -0.2) is 4.39 Å². The van der Waals surface area contributed by atoms with Gasteiger partial charge in [-0.1, -0.05) is 0 Å². The number of rotatable bonds is 4. The fraction of sp³-hybridized carbons (Fsp3) is 0.417. The number of halogens is 1. The van der Waals surface area contributed by atoms with Gasteiger partial charge in [0.15, 0.2) is 6.10 Å². The molecule has 0 amide bonds. The van der Waals surface area contributed by atoms with Crippen molar-refractivity contribution in [2.24, 2.45) is 0 Å². The Balaban J connectivity index is 3.11. The van der Waals surface area contributed by atoms with E-state index in [4.69, 9.17) is 14.9 Å². The Bertz CT molecular complexity index is 420. The summed E-state index contributed by atoms with van der Waals surface area (Å²) in [4.78, 5) is 0. The molecule has 1 rings (SSSR count). The highest BCUT2D eigenvalue weighted by molar-refractivity contribution is 5.79. The minimum atomic E-state index is -1.28. The maximum Gasteiger partial charge on any atom is 0.214 e. The van der Waals surface area contributed by atoms with E-state index in [2.05, 4.69) is 0 Å². The molecule has 0 aliphatic carbocycles. The molecule has 2 N–H and O–H groups in total. The zero-order chi connectivity index (χ0) is 13.0. The van der Waals surface area contributed by atoms with Crippen molar-refractivity contribution in [3.05, 3.63) is 29.1 Å². The summed E-state index contributed by atoms with van der Waals surface area (Å²) >= 11 is 0. The summed E-state index contributed by atoms with van der Waals surface area (Å²) in [5.41, 5.74) is 0.558. The lowest BCUT2D eigenvalue weighted by atomic mass is 10.0. The van der Waals surface area contributed by atoms with Crippen LogP contribution in [0.1, 0.15) is 24.2 Å². The van der Waals surface area contributed by atoms with E-state index in [9.17, 15) is 9.50 Å². The molecule has 0 radical (unpaired) electrons. The van der Waals surface area contributed by atoms with Crippen LogP contribution in [-0.4, -0.2) is 24.7 Å². The normalized spacial score (nSPS) is 12.1. The van der Waals surface area contributed by atoms with Crippen molar-refractivity contribution in [2.75, 3.05) is 13.7 Å². The molecule has 0 saturated heterocycles. The Morgan fingerprint density at radius 3 is 2.71 bits per heavy atom. The lowest BCUT2D eigenvalue weighted by Gasteiger charge is -2.16. The smallest absolute Gasteiger partial charge is 0.214 e. The molecule has 0 aliphatic heterocycles. The second kappa shape index (κ2) is 5.63. The molecule has 0 saturated carbocycles. The first-order valence-electron chi connectivity index (χ1n) is 5.24. The predicted molar refractivity (Wildman–Crippen MR) is 62.0 cm³/mol. The number of hydrogen-bond donors (Lipinski definition) is 2. The summed E-state index contributed by atoms with van der Waals surface area (Å²) in [5, 5.41) is 17.4. The average Bonchev–Trinajstić information content (AvgIpc) is 2.31. The van der Waals surface area contributed by atoms with Gasteiger partial charge in [-0.05, 0) is 31.0 Å². The van der Waals surface area contributed by atoms with E-state index in [0.29, 0.717) is 5.75 Å². The summed E-state index contributed by atoms with van der Waals surface area (Å²) < 4.78 is 23.3. The molecule has 1 unspecified atom stereocenters. The molecular formula is C12H16FNO3. The van der Waals surface area contributed by atoms with Crippen LogP contribution >= 0.6 is 0 Å². The average molecular weight is 241 g/mol. The quantitative estimate of drug-likeness (QED) is 0.627. The molecule has 0 spiro atoms. The van der Waals surface area contributed by atoms with Gasteiger partial charge >= 0.3 is 0 Å². The standard InChI is InChI=1S/C12H16FNO3/c1-4-17-12(14)11(15)9-5-8(16-3)6-10(13)7(9)2/h5-6,11,14-15H,4H2,1-3H3. The van der Waals surface area contributed by atoms with E-state index in [1.54, 1.807) is 6.92 Å². The van der Waals surface area contributed by atoms with E-state index in [-0.39, 0.29) is 23.6 Å². The zero-order valence-electron chi connectivity index (χ0n) is 10.1. The van der Waals surface area contributed by atoms with Crippen LogP contribution in [0.3, 0.4) is 0 Å². The molecule has 0 bridgehead atoms. The Morgan fingerprint density at radius 2 is 2.18 bits per heavy atom. The van der Waals surface area contributed by atoms with Crippen LogP contribution in [0.25, 0.3) is 0 Å². The number of nitrogens with one attached hydrogen (secondary N) is 1. The van der Waals surface area contributed by atoms with E-state index in [0.717, 1.165) is 0 Å². The minimum absolute atomic E-state index is 0.278.